The Morgan fingerprint density at radius 1 is 1.27 bits per heavy atom. The molecular weight excluding hydrogens is 282 g/mol. The molecule has 0 bridgehead atoms. The van der Waals surface area contributed by atoms with Crippen LogP contribution in [0.3, 0.4) is 0 Å². The lowest BCUT2D eigenvalue weighted by Gasteiger charge is -2.35. The van der Waals surface area contributed by atoms with Gasteiger partial charge in [-0.3, -0.25) is 4.90 Å². The molecule has 6 nitrogen and oxygen atoms in total. The highest BCUT2D eigenvalue weighted by Gasteiger charge is 2.27. The number of nitrogens with zero attached hydrogens (tertiary/aromatic N) is 3. The number of ether oxygens (including phenoxy) is 1. The van der Waals surface area contributed by atoms with E-state index in [1.165, 1.54) is 4.90 Å². The van der Waals surface area contributed by atoms with Gasteiger partial charge in [0.15, 0.2) is 5.82 Å². The first-order valence-corrected chi connectivity index (χ1v) is 7.02. The zero-order valence-corrected chi connectivity index (χ0v) is 12.3. The van der Waals surface area contributed by atoms with Crippen LogP contribution in [0.1, 0.15) is 5.56 Å². The van der Waals surface area contributed by atoms with Crippen LogP contribution >= 0.6 is 0 Å². The molecule has 1 N–H and O–H groups in total. The van der Waals surface area contributed by atoms with Crippen molar-refractivity contribution in [2.75, 3.05) is 30.0 Å². The Balaban J connectivity index is 1.85. The van der Waals surface area contributed by atoms with Crippen LogP contribution in [0, 0.1) is 0 Å². The summed E-state index contributed by atoms with van der Waals surface area (Å²) in [6, 6.07) is 11.4. The second kappa shape index (κ2) is 5.93. The molecule has 114 valence electrons. The fourth-order valence-corrected chi connectivity index (χ4v) is 2.59. The Bertz CT molecular complexity index is 673. The third kappa shape index (κ3) is 2.67. The lowest BCUT2D eigenvalue weighted by molar-refractivity contribution is 0.201. The van der Waals surface area contributed by atoms with E-state index in [-0.39, 0.29) is 0 Å². The lowest BCUT2D eigenvalue weighted by Crippen LogP contribution is -2.43. The Morgan fingerprint density at radius 3 is 2.73 bits per heavy atom. The minimum atomic E-state index is -0.946. The second-order valence-electron chi connectivity index (χ2n) is 5.05. The number of amides is 1. The van der Waals surface area contributed by atoms with Gasteiger partial charge in [-0.05, 0) is 29.8 Å². The lowest BCUT2D eigenvalue weighted by atomic mass is 10.1. The van der Waals surface area contributed by atoms with E-state index in [0.717, 1.165) is 11.3 Å². The number of carboxylic acid groups (broad SMARTS) is 1. The summed E-state index contributed by atoms with van der Waals surface area (Å²) in [6.45, 7) is 1.73. The van der Waals surface area contributed by atoms with Crippen LogP contribution in [0.15, 0.2) is 42.6 Å². The molecule has 3 rings (SSSR count). The molecular formula is C16H17N3O3. The van der Waals surface area contributed by atoms with E-state index >= 15 is 0 Å². The number of aromatic nitrogens is 1. The first-order chi connectivity index (χ1) is 10.7. The molecule has 0 aliphatic carbocycles. The zero-order valence-electron chi connectivity index (χ0n) is 12.3. The number of fused-ring (bicyclic) bond motifs is 1. The van der Waals surface area contributed by atoms with Crippen LogP contribution in [0.2, 0.25) is 0 Å². The molecule has 0 radical (unpaired) electrons. The van der Waals surface area contributed by atoms with E-state index in [4.69, 9.17) is 4.74 Å². The SMILES string of the molecule is COc1ccc(CN2CCN(C(=O)O)c3cccnc32)cc1. The molecule has 22 heavy (non-hydrogen) atoms. The highest BCUT2D eigenvalue weighted by molar-refractivity contribution is 5.91. The maximum atomic E-state index is 11.3. The maximum absolute atomic E-state index is 11.3. The summed E-state index contributed by atoms with van der Waals surface area (Å²) in [6.07, 6.45) is 0.740. The molecule has 0 saturated carbocycles. The van der Waals surface area contributed by atoms with E-state index in [0.29, 0.717) is 31.1 Å². The first-order valence-electron chi connectivity index (χ1n) is 7.02. The van der Waals surface area contributed by atoms with Gasteiger partial charge in [-0.25, -0.2) is 9.78 Å². The van der Waals surface area contributed by atoms with Crippen molar-refractivity contribution < 1.29 is 14.6 Å². The van der Waals surface area contributed by atoms with Crippen molar-refractivity contribution >= 4 is 17.6 Å². The van der Waals surface area contributed by atoms with Gasteiger partial charge in [-0.1, -0.05) is 12.1 Å². The van der Waals surface area contributed by atoms with Crippen LogP contribution in [0.25, 0.3) is 0 Å². The number of hydrogen-bond acceptors (Lipinski definition) is 4. The molecule has 2 aromatic rings. The van der Waals surface area contributed by atoms with E-state index in [1.807, 2.05) is 24.3 Å². The van der Waals surface area contributed by atoms with Gasteiger partial charge >= 0.3 is 6.09 Å². The number of carbonyl (C=O) groups is 1. The van der Waals surface area contributed by atoms with Gasteiger partial charge in [0.05, 0.1) is 12.8 Å². The highest BCUT2D eigenvalue weighted by atomic mass is 16.5. The average Bonchev–Trinajstić information content (AvgIpc) is 2.55. The van der Waals surface area contributed by atoms with Gasteiger partial charge in [0.2, 0.25) is 0 Å². The van der Waals surface area contributed by atoms with Crippen molar-refractivity contribution in [3.8, 4) is 5.75 Å². The molecule has 1 amide bonds. The van der Waals surface area contributed by atoms with Gasteiger partial charge in [0.1, 0.15) is 5.75 Å². The van der Waals surface area contributed by atoms with Crippen molar-refractivity contribution in [2.45, 2.75) is 6.54 Å². The Labute approximate surface area is 128 Å². The van der Waals surface area contributed by atoms with Crippen molar-refractivity contribution in [2.24, 2.45) is 0 Å². The zero-order chi connectivity index (χ0) is 15.5. The summed E-state index contributed by atoms with van der Waals surface area (Å²) in [5.41, 5.74) is 1.76. The predicted molar refractivity (Wildman–Crippen MR) is 83.7 cm³/mol. The quantitative estimate of drug-likeness (QED) is 0.943. The van der Waals surface area contributed by atoms with Crippen molar-refractivity contribution in [1.82, 2.24) is 4.98 Å². The van der Waals surface area contributed by atoms with Crippen LogP contribution < -0.4 is 14.5 Å². The third-order valence-corrected chi connectivity index (χ3v) is 3.71. The Kier molecular flexibility index (Phi) is 3.82. The Hall–Kier alpha value is -2.76. The minimum absolute atomic E-state index is 0.435. The summed E-state index contributed by atoms with van der Waals surface area (Å²) in [5, 5.41) is 9.28. The number of benzene rings is 1. The largest absolute Gasteiger partial charge is 0.497 e. The molecule has 0 saturated heterocycles. The monoisotopic (exact) mass is 299 g/mol. The molecule has 0 atom stereocenters. The molecule has 1 aromatic carbocycles. The summed E-state index contributed by atoms with van der Waals surface area (Å²) < 4.78 is 5.16. The first kappa shape index (κ1) is 14.2. The summed E-state index contributed by atoms with van der Waals surface area (Å²) >= 11 is 0. The van der Waals surface area contributed by atoms with Gasteiger partial charge in [0.25, 0.3) is 0 Å². The van der Waals surface area contributed by atoms with Crippen LogP contribution in [0.4, 0.5) is 16.3 Å². The van der Waals surface area contributed by atoms with Crippen molar-refractivity contribution in [3.05, 3.63) is 48.2 Å². The standard InChI is InChI=1S/C16H17N3O3/c1-22-13-6-4-12(5-7-13)11-18-9-10-19(16(20)21)14-3-2-8-17-15(14)18/h2-8H,9-11H2,1H3,(H,20,21). The molecule has 1 aromatic heterocycles. The molecule has 0 fully saturated rings. The molecule has 1 aliphatic rings. The molecule has 0 spiro atoms. The van der Waals surface area contributed by atoms with E-state index in [2.05, 4.69) is 9.88 Å². The van der Waals surface area contributed by atoms with Crippen molar-refractivity contribution in [3.63, 3.8) is 0 Å². The fourth-order valence-electron chi connectivity index (χ4n) is 2.59. The van der Waals surface area contributed by atoms with E-state index < -0.39 is 6.09 Å². The second-order valence-corrected chi connectivity index (χ2v) is 5.05. The van der Waals surface area contributed by atoms with Gasteiger partial charge < -0.3 is 14.7 Å². The molecule has 1 aliphatic heterocycles. The molecule has 6 heteroatoms. The normalized spacial score (nSPS) is 13.7. The highest BCUT2D eigenvalue weighted by Crippen LogP contribution is 2.31. The number of anilines is 2. The molecule has 0 unspecified atom stereocenters. The molecule has 2 heterocycles. The third-order valence-electron chi connectivity index (χ3n) is 3.71. The minimum Gasteiger partial charge on any atom is -0.497 e. The predicted octanol–water partition coefficient (Wildman–Crippen LogP) is 2.59. The topological polar surface area (TPSA) is 65.9 Å². The number of methoxy groups -OCH3 is 1. The van der Waals surface area contributed by atoms with Crippen LogP contribution in [0.5, 0.6) is 5.75 Å². The smallest absolute Gasteiger partial charge is 0.411 e. The van der Waals surface area contributed by atoms with Crippen LogP contribution in [-0.2, 0) is 6.54 Å². The van der Waals surface area contributed by atoms with Crippen molar-refractivity contribution in [1.29, 1.82) is 0 Å². The maximum Gasteiger partial charge on any atom is 0.411 e. The number of pyridine rings is 1. The van der Waals surface area contributed by atoms with Gasteiger partial charge in [0, 0.05) is 25.8 Å². The fraction of sp³-hybridized carbons (Fsp3) is 0.250. The summed E-state index contributed by atoms with van der Waals surface area (Å²) in [7, 11) is 1.64. The summed E-state index contributed by atoms with van der Waals surface area (Å²) in [5.74, 6) is 1.52. The van der Waals surface area contributed by atoms with Gasteiger partial charge in [-0.15, -0.1) is 0 Å². The number of hydrogen-bond donors (Lipinski definition) is 1. The summed E-state index contributed by atoms with van der Waals surface area (Å²) in [4.78, 5) is 19.1. The van der Waals surface area contributed by atoms with E-state index in [1.54, 1.807) is 25.4 Å². The number of rotatable bonds is 3. The average molecular weight is 299 g/mol. The van der Waals surface area contributed by atoms with E-state index in [9.17, 15) is 9.90 Å². The Morgan fingerprint density at radius 2 is 2.05 bits per heavy atom. The van der Waals surface area contributed by atoms with Gasteiger partial charge in [-0.2, -0.15) is 0 Å². The van der Waals surface area contributed by atoms with Crippen LogP contribution in [-0.4, -0.2) is 36.4 Å².